The van der Waals surface area contributed by atoms with Gasteiger partial charge < -0.3 is 23.2 Å². The van der Waals surface area contributed by atoms with Crippen LogP contribution in [0.1, 0.15) is 115 Å². The Bertz CT molecular complexity index is 998. The van der Waals surface area contributed by atoms with E-state index in [0.717, 1.165) is 24.8 Å². The molecule has 2 atom stereocenters. The maximum absolute atomic E-state index is 12.8. The lowest BCUT2D eigenvalue weighted by atomic mass is 10.0. The first kappa shape index (κ1) is 41.2. The first-order valence-electron chi connectivity index (χ1n) is 16.8. The maximum atomic E-state index is 12.8. The highest BCUT2D eigenvalue weighted by atomic mass is 32.2. The van der Waals surface area contributed by atoms with Gasteiger partial charge in [0.25, 0.3) is 17.9 Å². The SMILES string of the molecule is CCCCCCCCCCCCCCCCCCOCC(COP(=O)([O-])OCC[N+](C)(C)C)OS(=O)(=O)c1ccc(C)cc1. The predicted molar refractivity (Wildman–Crippen MR) is 176 cm³/mol. The largest absolute Gasteiger partial charge is 0.756 e. The number of nitrogens with zero attached hydrogens (tertiary/aromatic N) is 1. The minimum Gasteiger partial charge on any atom is -0.756 e. The van der Waals surface area contributed by atoms with E-state index in [4.69, 9.17) is 18.0 Å². The molecule has 0 spiro atoms. The van der Waals surface area contributed by atoms with Crippen LogP contribution in [0.15, 0.2) is 29.2 Å². The van der Waals surface area contributed by atoms with Gasteiger partial charge in [0.15, 0.2) is 0 Å². The van der Waals surface area contributed by atoms with Crippen molar-refractivity contribution in [3.63, 3.8) is 0 Å². The molecular formula is C33H62NO8PS. The summed E-state index contributed by atoms with van der Waals surface area (Å²) in [5, 5.41) is 0. The quantitative estimate of drug-likeness (QED) is 0.0374. The number of benzene rings is 1. The molecule has 1 rings (SSSR count). The Balaban J connectivity index is 2.32. The number of quaternary nitrogens is 1. The topological polar surface area (TPSA) is 111 Å². The summed E-state index contributed by atoms with van der Waals surface area (Å²) in [5.74, 6) is 0. The minimum atomic E-state index is -4.65. The van der Waals surface area contributed by atoms with Crippen molar-refractivity contribution in [3.05, 3.63) is 29.8 Å². The zero-order valence-electron chi connectivity index (χ0n) is 28.3. The second kappa shape index (κ2) is 23.5. The van der Waals surface area contributed by atoms with Crippen molar-refractivity contribution in [1.29, 1.82) is 0 Å². The molecule has 0 aromatic heterocycles. The van der Waals surface area contributed by atoms with E-state index < -0.39 is 30.7 Å². The van der Waals surface area contributed by atoms with Crippen molar-refractivity contribution in [3.8, 4) is 0 Å². The number of ether oxygens (including phenoxy) is 1. The number of rotatable bonds is 29. The first-order chi connectivity index (χ1) is 20.8. The van der Waals surface area contributed by atoms with Gasteiger partial charge in [-0.2, -0.15) is 8.42 Å². The lowest BCUT2D eigenvalue weighted by Crippen LogP contribution is -2.37. The van der Waals surface area contributed by atoms with Gasteiger partial charge in [-0.1, -0.05) is 121 Å². The van der Waals surface area contributed by atoms with Crippen LogP contribution in [0.5, 0.6) is 0 Å². The van der Waals surface area contributed by atoms with Gasteiger partial charge in [-0.25, -0.2) is 0 Å². The summed E-state index contributed by atoms with van der Waals surface area (Å²) in [6.45, 7) is 4.30. The Labute approximate surface area is 269 Å². The van der Waals surface area contributed by atoms with Crippen LogP contribution in [-0.2, 0) is 32.7 Å². The molecule has 0 N–H and O–H groups in total. The smallest absolute Gasteiger partial charge is 0.297 e. The van der Waals surface area contributed by atoms with E-state index in [0.29, 0.717) is 17.6 Å². The van der Waals surface area contributed by atoms with Gasteiger partial charge in [0.2, 0.25) is 0 Å². The summed E-state index contributed by atoms with van der Waals surface area (Å²) < 4.78 is 59.5. The van der Waals surface area contributed by atoms with E-state index in [9.17, 15) is 17.9 Å². The molecule has 0 radical (unpaired) electrons. The molecule has 0 bridgehead atoms. The third-order valence-electron chi connectivity index (χ3n) is 7.45. The zero-order chi connectivity index (χ0) is 32.7. The second-order valence-electron chi connectivity index (χ2n) is 13.0. The van der Waals surface area contributed by atoms with Gasteiger partial charge in [-0.3, -0.25) is 8.75 Å². The van der Waals surface area contributed by atoms with Crippen molar-refractivity contribution in [2.75, 3.05) is 54.1 Å². The number of hydrogen-bond donors (Lipinski definition) is 0. The molecule has 0 heterocycles. The lowest BCUT2D eigenvalue weighted by Gasteiger charge is -2.28. The van der Waals surface area contributed by atoms with Gasteiger partial charge in [-0.05, 0) is 25.5 Å². The van der Waals surface area contributed by atoms with Crippen molar-refractivity contribution >= 4 is 17.9 Å². The fourth-order valence-corrected chi connectivity index (χ4v) is 6.43. The number of aryl methyl sites for hydroxylation is 1. The van der Waals surface area contributed by atoms with Crippen molar-refractivity contribution in [2.24, 2.45) is 0 Å². The average molecular weight is 664 g/mol. The monoisotopic (exact) mass is 663 g/mol. The van der Waals surface area contributed by atoms with Crippen molar-refractivity contribution in [1.82, 2.24) is 0 Å². The third kappa shape index (κ3) is 22.6. The predicted octanol–water partition coefficient (Wildman–Crippen LogP) is 7.55. The normalized spacial score (nSPS) is 14.5. The molecule has 9 nitrogen and oxygen atoms in total. The Hall–Kier alpha value is -0.840. The molecule has 44 heavy (non-hydrogen) atoms. The van der Waals surface area contributed by atoms with Crippen LogP contribution < -0.4 is 4.89 Å². The summed E-state index contributed by atoms with van der Waals surface area (Å²) in [4.78, 5) is 12.2. The zero-order valence-corrected chi connectivity index (χ0v) is 30.0. The lowest BCUT2D eigenvalue weighted by molar-refractivity contribution is -0.870. The molecule has 258 valence electrons. The van der Waals surface area contributed by atoms with Gasteiger partial charge in [-0.15, -0.1) is 0 Å². The van der Waals surface area contributed by atoms with Crippen LogP contribution in [0.3, 0.4) is 0 Å². The van der Waals surface area contributed by atoms with Gasteiger partial charge in [0.1, 0.15) is 19.3 Å². The van der Waals surface area contributed by atoms with E-state index in [1.54, 1.807) is 12.1 Å². The summed E-state index contributed by atoms with van der Waals surface area (Å²) in [5.41, 5.74) is 0.907. The van der Waals surface area contributed by atoms with Crippen LogP contribution in [0.2, 0.25) is 0 Å². The number of phosphoric acid groups is 1. The Morgan fingerprint density at radius 3 is 1.68 bits per heavy atom. The molecule has 1 aromatic rings. The Morgan fingerprint density at radius 2 is 1.20 bits per heavy atom. The standard InChI is InChI=1S/C33H62NO8PS/c1-6-7-8-9-10-11-12-13-14-15-16-17-18-19-20-21-27-39-29-32(30-41-43(35,36)40-28-26-34(3,4)5)42-44(37,38)33-24-22-31(2)23-25-33/h22-25,32H,6-21,26-30H2,1-5H3. The molecule has 0 aliphatic rings. The molecule has 0 aliphatic heterocycles. The summed E-state index contributed by atoms with van der Waals surface area (Å²) >= 11 is 0. The highest BCUT2D eigenvalue weighted by Gasteiger charge is 2.25. The van der Waals surface area contributed by atoms with Crippen LogP contribution in [0.4, 0.5) is 0 Å². The molecule has 11 heteroatoms. The fourth-order valence-electron chi connectivity index (χ4n) is 4.65. The van der Waals surface area contributed by atoms with E-state index >= 15 is 0 Å². The molecular weight excluding hydrogens is 601 g/mol. The van der Waals surface area contributed by atoms with Gasteiger partial charge in [0.05, 0.1) is 39.3 Å². The van der Waals surface area contributed by atoms with Crippen molar-refractivity contribution in [2.45, 2.75) is 128 Å². The maximum Gasteiger partial charge on any atom is 0.297 e. The van der Waals surface area contributed by atoms with Crippen molar-refractivity contribution < 1.29 is 40.3 Å². The van der Waals surface area contributed by atoms with E-state index in [-0.39, 0.29) is 18.1 Å². The fraction of sp³-hybridized carbons (Fsp3) is 0.818. The average Bonchev–Trinajstić information content (AvgIpc) is 2.94. The molecule has 0 amide bonds. The number of unbranched alkanes of at least 4 members (excludes halogenated alkanes) is 15. The molecule has 1 aromatic carbocycles. The second-order valence-corrected chi connectivity index (χ2v) is 15.9. The first-order valence-corrected chi connectivity index (χ1v) is 19.7. The van der Waals surface area contributed by atoms with Crippen LogP contribution in [0.25, 0.3) is 0 Å². The molecule has 2 unspecified atom stereocenters. The van der Waals surface area contributed by atoms with Gasteiger partial charge in [0, 0.05) is 6.61 Å². The highest BCUT2D eigenvalue weighted by Crippen LogP contribution is 2.38. The van der Waals surface area contributed by atoms with Crippen LogP contribution >= 0.6 is 7.82 Å². The minimum absolute atomic E-state index is 0.0181. The Kier molecular flexibility index (Phi) is 22.0. The van der Waals surface area contributed by atoms with E-state index in [1.165, 1.54) is 95.6 Å². The number of likely N-dealkylation sites (N-methyl/N-ethyl adjacent to an activating group) is 1. The molecule has 0 saturated heterocycles. The molecule has 0 fully saturated rings. The summed E-state index contributed by atoms with van der Waals surface area (Å²) in [7, 11) is -3.06. The van der Waals surface area contributed by atoms with E-state index in [2.05, 4.69) is 6.92 Å². The number of phosphoric ester groups is 1. The summed E-state index contributed by atoms with van der Waals surface area (Å²) in [6.07, 6.45) is 19.3. The van der Waals surface area contributed by atoms with Gasteiger partial charge >= 0.3 is 0 Å². The third-order valence-corrected chi connectivity index (χ3v) is 9.79. The Morgan fingerprint density at radius 1 is 0.727 bits per heavy atom. The number of hydrogen-bond acceptors (Lipinski definition) is 8. The molecule has 0 saturated carbocycles. The highest BCUT2D eigenvalue weighted by molar-refractivity contribution is 7.86. The van der Waals surface area contributed by atoms with Crippen LogP contribution in [0, 0.1) is 6.92 Å². The van der Waals surface area contributed by atoms with Crippen LogP contribution in [-0.4, -0.2) is 73.1 Å². The molecule has 0 aliphatic carbocycles. The van der Waals surface area contributed by atoms with E-state index in [1.807, 2.05) is 28.1 Å². The summed E-state index contributed by atoms with van der Waals surface area (Å²) in [6, 6.07) is 6.24.